The molecule has 2 aromatic carbocycles. The molecule has 3 aromatic rings. The lowest BCUT2D eigenvalue weighted by atomic mass is 9.97. The summed E-state index contributed by atoms with van der Waals surface area (Å²) >= 11 is 0. The second kappa shape index (κ2) is 6.13. The van der Waals surface area contributed by atoms with Gasteiger partial charge in [-0.3, -0.25) is 0 Å². The lowest BCUT2D eigenvalue weighted by molar-refractivity contribution is -0.730. The second-order valence-electron chi connectivity index (χ2n) is 6.21. The zero-order valence-corrected chi connectivity index (χ0v) is 14.2. The Labute approximate surface area is 139 Å². The van der Waals surface area contributed by atoms with E-state index in [9.17, 15) is 10.1 Å². The molecule has 1 unspecified atom stereocenters. The van der Waals surface area contributed by atoms with Gasteiger partial charge >= 0.3 is 5.69 Å². The molecule has 1 heterocycles. The van der Waals surface area contributed by atoms with Crippen LogP contribution < -0.4 is 4.90 Å². The molecule has 0 bridgehead atoms. The Morgan fingerprint density at radius 3 is 2.54 bits per heavy atom. The predicted octanol–water partition coefficient (Wildman–Crippen LogP) is 4.20. The highest BCUT2D eigenvalue weighted by Crippen LogP contribution is 2.37. The molecule has 0 aliphatic heterocycles. The molecule has 6 heteroatoms. The van der Waals surface area contributed by atoms with Crippen LogP contribution in [0.3, 0.4) is 0 Å². The lowest BCUT2D eigenvalue weighted by Gasteiger charge is -2.11. The van der Waals surface area contributed by atoms with Crippen molar-refractivity contribution in [3.05, 3.63) is 40.8 Å². The SMILES string of the molecule is COCC(C)c1cc2c(cc1[N+](=O)O)oc1cc(N(C)C)ccc12. The van der Waals surface area contributed by atoms with Crippen LogP contribution in [0.4, 0.5) is 11.4 Å². The van der Waals surface area contributed by atoms with Crippen molar-refractivity contribution in [3.63, 3.8) is 0 Å². The first-order valence-electron chi connectivity index (χ1n) is 7.75. The minimum absolute atomic E-state index is 0.0380. The molecule has 0 amide bonds. The fourth-order valence-corrected chi connectivity index (χ4v) is 3.00. The molecule has 1 aromatic heterocycles. The zero-order valence-electron chi connectivity index (χ0n) is 14.2. The van der Waals surface area contributed by atoms with E-state index in [1.165, 1.54) is 0 Å². The molecular formula is C18H21N2O4+. The Balaban J connectivity index is 2.26. The first-order chi connectivity index (χ1) is 11.4. The van der Waals surface area contributed by atoms with Gasteiger partial charge in [0, 0.05) is 55.2 Å². The molecule has 3 rings (SSSR count). The van der Waals surface area contributed by atoms with Crippen molar-refractivity contribution in [2.45, 2.75) is 12.8 Å². The summed E-state index contributed by atoms with van der Waals surface area (Å²) in [5, 5.41) is 11.4. The van der Waals surface area contributed by atoms with Crippen molar-refractivity contribution in [1.82, 2.24) is 0 Å². The van der Waals surface area contributed by atoms with Crippen molar-refractivity contribution in [2.24, 2.45) is 0 Å². The van der Waals surface area contributed by atoms with Crippen LogP contribution in [0.2, 0.25) is 0 Å². The summed E-state index contributed by atoms with van der Waals surface area (Å²) in [5.41, 5.74) is 3.25. The van der Waals surface area contributed by atoms with E-state index in [0.29, 0.717) is 12.2 Å². The molecule has 0 radical (unpaired) electrons. The summed E-state index contributed by atoms with van der Waals surface area (Å²) in [7, 11) is 5.54. The molecule has 24 heavy (non-hydrogen) atoms. The van der Waals surface area contributed by atoms with Crippen molar-refractivity contribution >= 4 is 33.3 Å². The molecule has 0 saturated heterocycles. The normalized spacial score (nSPS) is 12.7. The third-order valence-electron chi connectivity index (χ3n) is 4.27. The third kappa shape index (κ3) is 2.69. The monoisotopic (exact) mass is 329 g/mol. The van der Waals surface area contributed by atoms with Crippen molar-refractivity contribution in [1.29, 1.82) is 0 Å². The van der Waals surface area contributed by atoms with Crippen LogP contribution in [-0.2, 0) is 4.74 Å². The number of rotatable bonds is 5. The Kier molecular flexibility index (Phi) is 4.15. The van der Waals surface area contributed by atoms with E-state index in [0.717, 1.165) is 27.6 Å². The first kappa shape index (κ1) is 16.3. The van der Waals surface area contributed by atoms with Crippen LogP contribution in [-0.4, -0.2) is 37.9 Å². The quantitative estimate of drug-likeness (QED) is 0.711. The van der Waals surface area contributed by atoms with Gasteiger partial charge in [0.1, 0.15) is 11.2 Å². The molecule has 0 saturated carbocycles. The minimum Gasteiger partial charge on any atom is -0.456 e. The van der Waals surface area contributed by atoms with Crippen molar-refractivity contribution < 1.29 is 19.3 Å². The van der Waals surface area contributed by atoms with E-state index in [4.69, 9.17) is 9.15 Å². The van der Waals surface area contributed by atoms with E-state index in [1.54, 1.807) is 13.2 Å². The van der Waals surface area contributed by atoms with E-state index in [2.05, 4.69) is 0 Å². The van der Waals surface area contributed by atoms with Gasteiger partial charge in [0.25, 0.3) is 4.92 Å². The Bertz CT molecular complexity index is 914. The molecule has 0 fully saturated rings. The Hall–Kier alpha value is -2.60. The summed E-state index contributed by atoms with van der Waals surface area (Å²) in [6.45, 7) is 2.40. The maximum atomic E-state index is 11.6. The van der Waals surface area contributed by atoms with Crippen LogP contribution in [0.5, 0.6) is 0 Å². The fraction of sp³-hybridized carbons (Fsp3) is 0.333. The number of furan rings is 1. The van der Waals surface area contributed by atoms with Crippen LogP contribution in [0.1, 0.15) is 18.4 Å². The van der Waals surface area contributed by atoms with Crippen molar-refractivity contribution in [3.8, 4) is 0 Å². The third-order valence-corrected chi connectivity index (χ3v) is 4.27. The molecule has 0 spiro atoms. The van der Waals surface area contributed by atoms with Gasteiger partial charge in [-0.05, 0) is 18.2 Å². The summed E-state index contributed by atoms with van der Waals surface area (Å²) < 4.78 is 11.1. The smallest absolute Gasteiger partial charge is 0.323 e. The van der Waals surface area contributed by atoms with E-state index >= 15 is 0 Å². The molecule has 0 aliphatic carbocycles. The van der Waals surface area contributed by atoms with Gasteiger partial charge in [-0.15, -0.1) is 0 Å². The van der Waals surface area contributed by atoms with Crippen LogP contribution in [0, 0.1) is 4.91 Å². The van der Waals surface area contributed by atoms with E-state index < -0.39 is 0 Å². The fourth-order valence-electron chi connectivity index (χ4n) is 3.00. The number of nitrogens with zero attached hydrogens (tertiary/aromatic N) is 2. The summed E-state index contributed by atoms with van der Waals surface area (Å²) in [6, 6.07) is 9.47. The van der Waals surface area contributed by atoms with Crippen LogP contribution in [0.25, 0.3) is 21.9 Å². The van der Waals surface area contributed by atoms with Gasteiger partial charge in [-0.25, -0.2) is 5.21 Å². The average molecular weight is 329 g/mol. The van der Waals surface area contributed by atoms with Gasteiger partial charge in [0.05, 0.1) is 17.6 Å². The van der Waals surface area contributed by atoms with E-state index in [1.807, 2.05) is 50.2 Å². The Morgan fingerprint density at radius 1 is 1.21 bits per heavy atom. The first-order valence-corrected chi connectivity index (χ1v) is 7.75. The van der Waals surface area contributed by atoms with Gasteiger partial charge in [0.15, 0.2) is 0 Å². The molecular weight excluding hydrogens is 308 g/mol. The number of hydrogen-bond acceptors (Lipinski definition) is 4. The number of methoxy groups -OCH3 is 1. The van der Waals surface area contributed by atoms with Crippen LogP contribution >= 0.6 is 0 Å². The second-order valence-corrected chi connectivity index (χ2v) is 6.21. The van der Waals surface area contributed by atoms with Gasteiger partial charge in [-0.2, -0.15) is 0 Å². The predicted molar refractivity (Wildman–Crippen MR) is 93.4 cm³/mol. The molecule has 1 atom stereocenters. The van der Waals surface area contributed by atoms with Gasteiger partial charge < -0.3 is 14.1 Å². The number of fused-ring (bicyclic) bond motifs is 3. The number of anilines is 1. The molecule has 126 valence electrons. The topological polar surface area (TPSA) is 65.9 Å². The molecule has 1 N–H and O–H groups in total. The maximum Gasteiger partial charge on any atom is 0.323 e. The number of hydrogen-bond donors (Lipinski definition) is 1. The van der Waals surface area contributed by atoms with E-state index in [-0.39, 0.29) is 16.5 Å². The maximum absolute atomic E-state index is 11.6. The molecule has 0 aliphatic rings. The number of benzene rings is 2. The highest BCUT2D eigenvalue weighted by atomic mass is 16.6. The van der Waals surface area contributed by atoms with Gasteiger partial charge in [0.2, 0.25) is 0 Å². The minimum atomic E-state index is -0.112. The summed E-state index contributed by atoms with van der Waals surface area (Å²) in [5.74, 6) is -0.0380. The highest BCUT2D eigenvalue weighted by molar-refractivity contribution is 6.06. The number of ether oxygens (including phenoxy) is 1. The van der Waals surface area contributed by atoms with Crippen LogP contribution in [0.15, 0.2) is 34.7 Å². The summed E-state index contributed by atoms with van der Waals surface area (Å²) in [4.78, 5) is 13.4. The average Bonchev–Trinajstić information content (AvgIpc) is 2.90. The summed E-state index contributed by atoms with van der Waals surface area (Å²) in [6.07, 6.45) is 0. The molecule has 6 nitrogen and oxygen atoms in total. The largest absolute Gasteiger partial charge is 0.456 e. The lowest BCUT2D eigenvalue weighted by Crippen LogP contribution is -2.07. The standard InChI is InChI=1S/C18H21N2O4/c1-11(10-23-4)14-8-15-13-6-5-12(19(2)3)7-17(13)24-18(15)9-16(14)20(21)22/h5-9,11H,10H2,1-4H3,(H,21,22)/q+1. The van der Waals surface area contributed by atoms with Gasteiger partial charge in [-0.1, -0.05) is 6.92 Å². The van der Waals surface area contributed by atoms with Crippen molar-refractivity contribution in [2.75, 3.05) is 32.7 Å². The Morgan fingerprint density at radius 2 is 1.92 bits per heavy atom. The highest BCUT2D eigenvalue weighted by Gasteiger charge is 2.26. The zero-order chi connectivity index (χ0) is 17.4.